The Morgan fingerprint density at radius 2 is 1.95 bits per heavy atom. The second-order valence-electron chi connectivity index (χ2n) is 9.29. The van der Waals surface area contributed by atoms with Gasteiger partial charge in [-0.2, -0.15) is 13.2 Å². The maximum atomic E-state index is 12.9. The summed E-state index contributed by atoms with van der Waals surface area (Å²) in [5.74, 6) is -0.858. The van der Waals surface area contributed by atoms with E-state index >= 15 is 0 Å². The van der Waals surface area contributed by atoms with Crippen molar-refractivity contribution in [2.45, 2.75) is 57.9 Å². The van der Waals surface area contributed by atoms with Crippen LogP contribution < -0.4 is 21.1 Å². The summed E-state index contributed by atoms with van der Waals surface area (Å²) in [7, 11) is 0. The fourth-order valence-corrected chi connectivity index (χ4v) is 3.87. The first-order valence-electron chi connectivity index (χ1n) is 13.0. The monoisotopic (exact) mass is 574 g/mol. The summed E-state index contributed by atoms with van der Waals surface area (Å²) in [6, 6.07) is 8.97. The van der Waals surface area contributed by atoms with Crippen molar-refractivity contribution >= 4 is 18.0 Å². The van der Waals surface area contributed by atoms with Gasteiger partial charge in [-0.3, -0.25) is 9.59 Å². The highest BCUT2D eigenvalue weighted by atomic mass is 19.4. The van der Waals surface area contributed by atoms with E-state index in [2.05, 4.69) is 15.7 Å². The molecular formula is C28H33F3N6O4. The molecular weight excluding hydrogens is 541 g/mol. The van der Waals surface area contributed by atoms with Crippen LogP contribution in [-0.4, -0.2) is 52.7 Å². The van der Waals surface area contributed by atoms with Crippen molar-refractivity contribution in [3.05, 3.63) is 77.5 Å². The van der Waals surface area contributed by atoms with Crippen molar-refractivity contribution < 1.29 is 32.2 Å². The highest BCUT2D eigenvalue weighted by Crippen LogP contribution is 2.22. The number of allylic oxidation sites excluding steroid dienone is 2. The number of alkyl halides is 3. The number of hydrogen-bond donors (Lipinski definition) is 4. The average molecular weight is 575 g/mol. The lowest BCUT2D eigenvalue weighted by atomic mass is 10.0. The van der Waals surface area contributed by atoms with E-state index in [4.69, 9.17) is 20.6 Å². The summed E-state index contributed by atoms with van der Waals surface area (Å²) < 4.78 is 49.5. The lowest BCUT2D eigenvalue weighted by Crippen LogP contribution is -2.37. The first kappa shape index (κ1) is 31.0. The van der Waals surface area contributed by atoms with Gasteiger partial charge in [-0.1, -0.05) is 25.1 Å². The Hall–Kier alpha value is -4.55. The number of rotatable bonds is 14. The van der Waals surface area contributed by atoms with Gasteiger partial charge in [0.15, 0.2) is 0 Å². The van der Waals surface area contributed by atoms with Gasteiger partial charge in [-0.05, 0) is 50.5 Å². The molecule has 0 aliphatic carbocycles. The van der Waals surface area contributed by atoms with Crippen LogP contribution in [0.5, 0.6) is 5.88 Å². The number of nitrogens with one attached hydrogen (secondary N) is 3. The molecule has 0 bridgehead atoms. The van der Waals surface area contributed by atoms with Crippen molar-refractivity contribution in [1.29, 1.82) is 5.41 Å². The quantitative estimate of drug-likeness (QED) is 0.196. The molecule has 2 aromatic rings. The second kappa shape index (κ2) is 14.2. The van der Waals surface area contributed by atoms with Crippen molar-refractivity contribution in [3.63, 3.8) is 0 Å². The largest absolute Gasteiger partial charge is 0.492 e. The van der Waals surface area contributed by atoms with E-state index in [0.29, 0.717) is 25.0 Å². The van der Waals surface area contributed by atoms with Crippen LogP contribution in [0.25, 0.3) is 5.69 Å². The first-order valence-corrected chi connectivity index (χ1v) is 13.0. The summed E-state index contributed by atoms with van der Waals surface area (Å²) in [6.07, 6.45) is 2.54. The van der Waals surface area contributed by atoms with Gasteiger partial charge in [0.2, 0.25) is 5.88 Å². The third-order valence-corrected chi connectivity index (χ3v) is 6.15. The topological polar surface area (TPSA) is 144 Å². The minimum Gasteiger partial charge on any atom is -0.492 e. The molecule has 2 amide bonds. The fraction of sp³-hybridized carbons (Fsp3) is 0.357. The number of carbonyl (C=O) groups excluding carboxylic acids is 2. The number of nitrogens with two attached hydrogens (primary N) is 1. The molecule has 0 unspecified atom stereocenters. The van der Waals surface area contributed by atoms with Crippen molar-refractivity contribution in [3.8, 4) is 11.6 Å². The normalized spacial score (nSPS) is 15.7. The van der Waals surface area contributed by atoms with E-state index in [1.54, 1.807) is 0 Å². The van der Waals surface area contributed by atoms with E-state index in [9.17, 15) is 22.8 Å². The predicted octanol–water partition coefficient (Wildman–Crippen LogP) is 4.29. The van der Waals surface area contributed by atoms with Crippen LogP contribution >= 0.6 is 0 Å². The maximum Gasteiger partial charge on any atom is 0.392 e. The minimum atomic E-state index is -4.32. The standard InChI is InChI=1S/C28H33F3N6O4/c1-3-19(35-26(39)22(15-32)24-12-11-21(16-34-24)40-14-13-28(29,30)31)10-9-18(2)41-27-23(25(33)38)17-37(36-27)20-7-5-4-6-8-20/h4-8,11-12,15-19,32,34H,3,9-10,13-14H2,1-2H3,(H2,33,38)(H,35,39)/b24-22+,32-15?/t18-,19-/m0/s1. The summed E-state index contributed by atoms with van der Waals surface area (Å²) >= 11 is 0. The molecule has 220 valence electrons. The smallest absolute Gasteiger partial charge is 0.392 e. The summed E-state index contributed by atoms with van der Waals surface area (Å²) in [5.41, 5.74) is 6.77. The highest BCUT2D eigenvalue weighted by Gasteiger charge is 2.27. The Morgan fingerprint density at radius 3 is 2.54 bits per heavy atom. The number of primary amides is 1. The molecule has 0 spiro atoms. The molecule has 0 fully saturated rings. The van der Waals surface area contributed by atoms with Gasteiger partial charge in [-0.15, -0.1) is 5.10 Å². The molecule has 0 saturated heterocycles. The minimum absolute atomic E-state index is 0.0483. The Balaban J connectivity index is 1.56. The molecule has 41 heavy (non-hydrogen) atoms. The van der Waals surface area contributed by atoms with Crippen LogP contribution in [-0.2, 0) is 9.53 Å². The number of benzene rings is 1. The van der Waals surface area contributed by atoms with Gasteiger partial charge in [0.25, 0.3) is 11.8 Å². The zero-order chi connectivity index (χ0) is 30.0. The Labute approximate surface area is 235 Å². The van der Waals surface area contributed by atoms with E-state index < -0.39 is 31.0 Å². The Kier molecular flexibility index (Phi) is 10.7. The Morgan fingerprint density at radius 1 is 1.22 bits per heavy atom. The lowest BCUT2D eigenvalue weighted by Gasteiger charge is -2.21. The van der Waals surface area contributed by atoms with Gasteiger partial charge in [0, 0.05) is 24.7 Å². The van der Waals surface area contributed by atoms with Crippen LogP contribution in [0, 0.1) is 5.41 Å². The number of amides is 2. The van der Waals surface area contributed by atoms with Crippen LogP contribution in [0.2, 0.25) is 0 Å². The molecule has 3 rings (SSSR count). The molecule has 1 aromatic carbocycles. The number of dihydropyridines is 1. The van der Waals surface area contributed by atoms with Crippen molar-refractivity contribution in [2.75, 3.05) is 6.61 Å². The number of para-hydroxylation sites is 1. The lowest BCUT2D eigenvalue weighted by molar-refractivity contribution is -0.142. The van der Waals surface area contributed by atoms with Crippen LogP contribution in [0.15, 0.2) is 71.9 Å². The molecule has 1 aromatic heterocycles. The van der Waals surface area contributed by atoms with Gasteiger partial charge < -0.3 is 31.3 Å². The molecule has 0 radical (unpaired) electrons. The maximum absolute atomic E-state index is 12.9. The van der Waals surface area contributed by atoms with Gasteiger partial charge in [0.05, 0.1) is 36.1 Å². The molecule has 5 N–H and O–H groups in total. The molecule has 0 saturated carbocycles. The predicted molar refractivity (Wildman–Crippen MR) is 146 cm³/mol. The summed E-state index contributed by atoms with van der Waals surface area (Å²) in [4.78, 5) is 24.9. The fourth-order valence-electron chi connectivity index (χ4n) is 3.87. The number of ether oxygens (including phenoxy) is 2. The van der Waals surface area contributed by atoms with Crippen LogP contribution in [0.1, 0.15) is 49.9 Å². The number of nitrogens with zero attached hydrogens (tertiary/aromatic N) is 2. The molecule has 2 heterocycles. The third kappa shape index (κ3) is 9.26. The van der Waals surface area contributed by atoms with Crippen LogP contribution in [0.4, 0.5) is 13.2 Å². The molecule has 1 aliphatic heterocycles. The molecule has 1 aliphatic rings. The zero-order valence-electron chi connectivity index (χ0n) is 22.7. The zero-order valence-corrected chi connectivity index (χ0v) is 22.7. The van der Waals surface area contributed by atoms with Crippen LogP contribution in [0.3, 0.4) is 0 Å². The van der Waals surface area contributed by atoms with E-state index in [1.807, 2.05) is 44.2 Å². The average Bonchev–Trinajstić information content (AvgIpc) is 3.36. The summed E-state index contributed by atoms with van der Waals surface area (Å²) in [6.45, 7) is 3.20. The summed E-state index contributed by atoms with van der Waals surface area (Å²) in [5, 5.41) is 17.8. The third-order valence-electron chi connectivity index (χ3n) is 6.15. The second-order valence-corrected chi connectivity index (χ2v) is 9.29. The van der Waals surface area contributed by atoms with E-state index in [1.165, 1.54) is 29.2 Å². The van der Waals surface area contributed by atoms with Gasteiger partial charge in [0.1, 0.15) is 11.3 Å². The number of halogens is 3. The van der Waals surface area contributed by atoms with Crippen molar-refractivity contribution in [1.82, 2.24) is 20.4 Å². The number of hydrogen-bond acceptors (Lipinski definition) is 7. The SMILES string of the molecule is CC[C@@H](CC[C@H](C)Oc1nn(-c2ccccc2)cc1C(N)=O)NC(=O)/C(C=N)=C1\C=CC(OCCC(F)(F)F)=CN1. The van der Waals surface area contributed by atoms with E-state index in [-0.39, 0.29) is 34.9 Å². The van der Waals surface area contributed by atoms with Crippen molar-refractivity contribution in [2.24, 2.45) is 5.73 Å². The molecule has 2 atom stereocenters. The van der Waals surface area contributed by atoms with Gasteiger partial charge in [-0.25, -0.2) is 4.68 Å². The molecule has 13 heteroatoms. The Bertz CT molecular complexity index is 1320. The number of carbonyl (C=O) groups is 2. The van der Waals surface area contributed by atoms with Gasteiger partial charge >= 0.3 is 6.18 Å². The number of aromatic nitrogens is 2. The molecule has 10 nitrogen and oxygen atoms in total. The highest BCUT2D eigenvalue weighted by molar-refractivity contribution is 6.12. The van der Waals surface area contributed by atoms with E-state index in [0.717, 1.165) is 11.9 Å². The first-order chi connectivity index (χ1) is 19.5.